The van der Waals surface area contributed by atoms with Gasteiger partial charge in [-0.3, -0.25) is 0 Å². The molecule has 1 heterocycles. The Morgan fingerprint density at radius 2 is 1.95 bits per heavy atom. The van der Waals surface area contributed by atoms with Gasteiger partial charge in [0.25, 0.3) is 0 Å². The summed E-state index contributed by atoms with van der Waals surface area (Å²) in [6, 6.07) is 2.37. The first-order valence-electron chi connectivity index (χ1n) is 6.89. The molecule has 19 heavy (non-hydrogen) atoms. The van der Waals surface area contributed by atoms with Crippen molar-refractivity contribution in [3.05, 3.63) is 6.07 Å². The third-order valence-corrected chi connectivity index (χ3v) is 4.28. The number of hydrazine groups is 1. The van der Waals surface area contributed by atoms with E-state index >= 15 is 0 Å². The van der Waals surface area contributed by atoms with E-state index in [1.54, 1.807) is 0 Å². The number of nitrogens with zero attached hydrogens (tertiary/aromatic N) is 2. The molecule has 5 nitrogen and oxygen atoms in total. The number of nitrogen functional groups attached to an aromatic ring is 1. The van der Waals surface area contributed by atoms with Gasteiger partial charge in [-0.1, -0.05) is 37.9 Å². The summed E-state index contributed by atoms with van der Waals surface area (Å²) in [5.41, 5.74) is 2.60. The molecule has 1 aliphatic rings. The lowest BCUT2D eigenvalue weighted by Gasteiger charge is -2.23. The van der Waals surface area contributed by atoms with E-state index in [2.05, 4.69) is 27.6 Å². The zero-order chi connectivity index (χ0) is 13.7. The number of nitrogens with one attached hydrogen (secondary N) is 2. The van der Waals surface area contributed by atoms with E-state index < -0.39 is 0 Å². The molecular weight excluding hydrogens is 258 g/mol. The zero-order valence-corrected chi connectivity index (χ0v) is 12.5. The summed E-state index contributed by atoms with van der Waals surface area (Å²) in [7, 11) is 0. The molecule has 0 radical (unpaired) electrons. The lowest BCUT2D eigenvalue weighted by Crippen LogP contribution is -2.27. The molecule has 106 valence electrons. The molecule has 0 spiro atoms. The minimum absolute atomic E-state index is 0.498. The minimum atomic E-state index is 0.498. The van der Waals surface area contributed by atoms with E-state index in [0.717, 1.165) is 11.0 Å². The highest BCUT2D eigenvalue weighted by atomic mass is 32.2. The Labute approximate surface area is 119 Å². The van der Waals surface area contributed by atoms with Gasteiger partial charge < -0.3 is 10.7 Å². The second-order valence-corrected chi connectivity index (χ2v) is 5.91. The van der Waals surface area contributed by atoms with Crippen LogP contribution < -0.4 is 16.6 Å². The molecule has 2 rings (SSSR count). The maximum Gasteiger partial charge on any atom is 0.191 e. The normalized spacial score (nSPS) is 23.7. The number of hydrogen-bond acceptors (Lipinski definition) is 6. The van der Waals surface area contributed by atoms with Crippen LogP contribution in [0.3, 0.4) is 0 Å². The Bertz CT molecular complexity index is 390. The summed E-state index contributed by atoms with van der Waals surface area (Å²) in [4.78, 5) is 8.78. The SMILES string of the molecule is CSc1nc(NN)cc(NC2CCCCCC2C)n1. The van der Waals surface area contributed by atoms with Crippen molar-refractivity contribution in [1.29, 1.82) is 0 Å². The van der Waals surface area contributed by atoms with Gasteiger partial charge in [-0.05, 0) is 25.0 Å². The van der Waals surface area contributed by atoms with E-state index in [4.69, 9.17) is 5.84 Å². The predicted octanol–water partition coefficient (Wildman–Crippen LogP) is 2.86. The van der Waals surface area contributed by atoms with Crippen molar-refractivity contribution in [1.82, 2.24) is 9.97 Å². The highest BCUT2D eigenvalue weighted by molar-refractivity contribution is 7.98. The van der Waals surface area contributed by atoms with Gasteiger partial charge in [0.15, 0.2) is 5.16 Å². The van der Waals surface area contributed by atoms with Crippen molar-refractivity contribution in [2.24, 2.45) is 11.8 Å². The van der Waals surface area contributed by atoms with Crippen LogP contribution in [0.5, 0.6) is 0 Å². The van der Waals surface area contributed by atoms with Gasteiger partial charge in [-0.2, -0.15) is 0 Å². The molecule has 2 unspecified atom stereocenters. The maximum absolute atomic E-state index is 5.45. The molecule has 0 aromatic carbocycles. The molecule has 0 bridgehead atoms. The van der Waals surface area contributed by atoms with Crippen LogP contribution in [0.2, 0.25) is 0 Å². The molecule has 2 atom stereocenters. The molecule has 6 heteroatoms. The molecule has 1 aromatic heterocycles. The van der Waals surface area contributed by atoms with E-state index in [9.17, 15) is 0 Å². The monoisotopic (exact) mass is 281 g/mol. The van der Waals surface area contributed by atoms with Crippen LogP contribution in [-0.4, -0.2) is 22.3 Å². The summed E-state index contributed by atoms with van der Waals surface area (Å²) in [6.45, 7) is 2.32. The summed E-state index contributed by atoms with van der Waals surface area (Å²) in [5, 5.41) is 4.30. The lowest BCUT2D eigenvalue weighted by molar-refractivity contribution is 0.455. The van der Waals surface area contributed by atoms with Crippen molar-refractivity contribution in [3.63, 3.8) is 0 Å². The average molecular weight is 281 g/mol. The standard InChI is InChI=1S/C13H23N5S/c1-9-6-4-3-5-7-10(9)15-11-8-12(18-14)17-13(16-11)19-2/h8-10H,3-7,14H2,1-2H3,(H2,15,16,17,18). The van der Waals surface area contributed by atoms with Gasteiger partial charge in [-0.25, -0.2) is 15.8 Å². The topological polar surface area (TPSA) is 75.9 Å². The van der Waals surface area contributed by atoms with Crippen molar-refractivity contribution < 1.29 is 0 Å². The minimum Gasteiger partial charge on any atom is -0.367 e. The van der Waals surface area contributed by atoms with Crippen molar-refractivity contribution >= 4 is 23.4 Å². The average Bonchev–Trinajstić information content (AvgIpc) is 2.63. The Hall–Kier alpha value is -1.01. The van der Waals surface area contributed by atoms with Crippen LogP contribution in [0, 0.1) is 5.92 Å². The summed E-state index contributed by atoms with van der Waals surface area (Å²) < 4.78 is 0. The van der Waals surface area contributed by atoms with Gasteiger partial charge in [0.1, 0.15) is 11.6 Å². The van der Waals surface area contributed by atoms with Crippen LogP contribution in [0.1, 0.15) is 39.0 Å². The number of anilines is 2. The molecular formula is C13H23N5S. The van der Waals surface area contributed by atoms with E-state index in [1.165, 1.54) is 43.9 Å². The summed E-state index contributed by atoms with van der Waals surface area (Å²) in [6.07, 6.45) is 8.45. The second kappa shape index (κ2) is 6.96. The highest BCUT2D eigenvalue weighted by Crippen LogP contribution is 2.26. The lowest BCUT2D eigenvalue weighted by atomic mass is 9.97. The molecule has 4 N–H and O–H groups in total. The van der Waals surface area contributed by atoms with Crippen LogP contribution >= 0.6 is 11.8 Å². The van der Waals surface area contributed by atoms with Crippen LogP contribution in [0.15, 0.2) is 11.2 Å². The molecule has 1 aliphatic carbocycles. The van der Waals surface area contributed by atoms with E-state index in [1.807, 2.05) is 12.3 Å². The number of hydrogen-bond donors (Lipinski definition) is 3. The van der Waals surface area contributed by atoms with Gasteiger partial charge in [0.2, 0.25) is 0 Å². The fourth-order valence-corrected chi connectivity index (χ4v) is 2.94. The molecule has 0 amide bonds. The van der Waals surface area contributed by atoms with Crippen LogP contribution in [-0.2, 0) is 0 Å². The van der Waals surface area contributed by atoms with E-state index in [0.29, 0.717) is 17.8 Å². The van der Waals surface area contributed by atoms with Crippen molar-refractivity contribution in [2.75, 3.05) is 17.0 Å². The molecule has 0 saturated heterocycles. The van der Waals surface area contributed by atoms with Gasteiger partial charge in [0.05, 0.1) is 0 Å². The highest BCUT2D eigenvalue weighted by Gasteiger charge is 2.20. The third kappa shape index (κ3) is 3.98. The van der Waals surface area contributed by atoms with Crippen molar-refractivity contribution in [3.8, 4) is 0 Å². The third-order valence-electron chi connectivity index (χ3n) is 3.73. The van der Waals surface area contributed by atoms with Gasteiger partial charge in [-0.15, -0.1) is 0 Å². The number of rotatable bonds is 4. The number of nitrogens with two attached hydrogens (primary N) is 1. The first-order chi connectivity index (χ1) is 9.22. The zero-order valence-electron chi connectivity index (χ0n) is 11.6. The fourth-order valence-electron chi connectivity index (χ4n) is 2.56. The Morgan fingerprint density at radius 1 is 1.21 bits per heavy atom. The van der Waals surface area contributed by atoms with Gasteiger partial charge in [0, 0.05) is 12.1 Å². The molecule has 1 saturated carbocycles. The molecule has 1 fully saturated rings. The summed E-state index contributed by atoms with van der Waals surface area (Å²) in [5.74, 6) is 7.66. The summed E-state index contributed by atoms with van der Waals surface area (Å²) >= 11 is 1.52. The maximum atomic E-state index is 5.45. The van der Waals surface area contributed by atoms with Gasteiger partial charge >= 0.3 is 0 Å². The fraction of sp³-hybridized carbons (Fsp3) is 0.692. The molecule has 0 aliphatic heterocycles. The number of thioether (sulfide) groups is 1. The number of aromatic nitrogens is 2. The predicted molar refractivity (Wildman–Crippen MR) is 81.3 cm³/mol. The molecule has 1 aromatic rings. The smallest absolute Gasteiger partial charge is 0.191 e. The first kappa shape index (κ1) is 14.4. The second-order valence-electron chi connectivity index (χ2n) is 5.14. The van der Waals surface area contributed by atoms with Crippen LogP contribution in [0.25, 0.3) is 0 Å². The largest absolute Gasteiger partial charge is 0.367 e. The Kier molecular flexibility index (Phi) is 5.27. The van der Waals surface area contributed by atoms with Crippen molar-refractivity contribution in [2.45, 2.75) is 50.2 Å². The quantitative estimate of drug-likeness (QED) is 0.259. The Balaban J connectivity index is 2.12. The first-order valence-corrected chi connectivity index (χ1v) is 8.11. The Morgan fingerprint density at radius 3 is 2.68 bits per heavy atom. The van der Waals surface area contributed by atoms with Crippen LogP contribution in [0.4, 0.5) is 11.6 Å². The van der Waals surface area contributed by atoms with E-state index in [-0.39, 0.29) is 0 Å².